The average molecular weight is 366 g/mol. The van der Waals surface area contributed by atoms with E-state index >= 15 is 0 Å². The number of nitrogens with one attached hydrogen (secondary N) is 1. The van der Waals surface area contributed by atoms with Gasteiger partial charge < -0.3 is 5.32 Å². The summed E-state index contributed by atoms with van der Waals surface area (Å²) in [5, 5.41) is 3.12. The van der Waals surface area contributed by atoms with E-state index in [9.17, 15) is 26.3 Å². The van der Waals surface area contributed by atoms with Crippen LogP contribution in [-0.2, 0) is 12.4 Å². The van der Waals surface area contributed by atoms with E-state index in [1.54, 1.807) is 6.08 Å². The average Bonchev–Trinajstić information content (AvgIpc) is 2.54. The molecule has 0 unspecified atom stereocenters. The Morgan fingerprint density at radius 3 is 2.24 bits per heavy atom. The number of benzene rings is 1. The van der Waals surface area contributed by atoms with Gasteiger partial charge in [0.1, 0.15) is 0 Å². The minimum Gasteiger partial charge on any atom is -0.314 e. The lowest BCUT2D eigenvalue weighted by Crippen LogP contribution is -2.45. The van der Waals surface area contributed by atoms with Crippen molar-refractivity contribution >= 4 is 0 Å². The van der Waals surface area contributed by atoms with Gasteiger partial charge in [-0.05, 0) is 30.5 Å². The molecule has 0 amide bonds. The molecular weight excluding hydrogens is 346 g/mol. The number of hydrogen-bond acceptors (Lipinski definition) is 2. The molecular formula is C17H20F6N2. The summed E-state index contributed by atoms with van der Waals surface area (Å²) in [7, 11) is 0. The van der Waals surface area contributed by atoms with Crippen LogP contribution in [0.1, 0.15) is 35.6 Å². The normalized spacial score (nSPS) is 18.2. The van der Waals surface area contributed by atoms with Crippen molar-refractivity contribution in [1.29, 1.82) is 0 Å². The predicted molar refractivity (Wildman–Crippen MR) is 83.1 cm³/mol. The molecule has 1 N–H and O–H groups in total. The van der Waals surface area contributed by atoms with E-state index in [-0.39, 0.29) is 11.6 Å². The Bertz CT molecular complexity index is 588. The summed E-state index contributed by atoms with van der Waals surface area (Å²) in [6.45, 7) is 5.93. The van der Waals surface area contributed by atoms with E-state index in [1.165, 1.54) is 0 Å². The molecule has 1 saturated heterocycles. The van der Waals surface area contributed by atoms with Crippen molar-refractivity contribution in [3.05, 3.63) is 47.5 Å². The lowest BCUT2D eigenvalue weighted by Gasteiger charge is -2.36. The van der Waals surface area contributed by atoms with Crippen LogP contribution in [0.15, 0.2) is 30.9 Å². The zero-order chi connectivity index (χ0) is 18.7. The van der Waals surface area contributed by atoms with Gasteiger partial charge in [0.25, 0.3) is 0 Å². The Kier molecular flexibility index (Phi) is 6.16. The molecule has 2 nitrogen and oxygen atoms in total. The minimum atomic E-state index is -4.85. The first-order chi connectivity index (χ1) is 11.6. The van der Waals surface area contributed by atoms with Crippen LogP contribution in [0.4, 0.5) is 26.3 Å². The number of alkyl halides is 6. The summed E-state index contributed by atoms with van der Waals surface area (Å²) in [6, 6.07) is 1.33. The van der Waals surface area contributed by atoms with Crippen molar-refractivity contribution < 1.29 is 26.3 Å². The highest BCUT2D eigenvalue weighted by Gasteiger charge is 2.40. The smallest absolute Gasteiger partial charge is 0.314 e. The monoisotopic (exact) mass is 366 g/mol. The lowest BCUT2D eigenvalue weighted by molar-refractivity contribution is -0.143. The van der Waals surface area contributed by atoms with Crippen LogP contribution in [-0.4, -0.2) is 31.1 Å². The highest BCUT2D eigenvalue weighted by Crippen LogP contribution is 2.41. The van der Waals surface area contributed by atoms with Crippen molar-refractivity contribution in [1.82, 2.24) is 10.2 Å². The number of nitrogens with zero attached hydrogens (tertiary/aromatic N) is 1. The van der Waals surface area contributed by atoms with Crippen molar-refractivity contribution in [2.45, 2.75) is 31.2 Å². The molecule has 1 aromatic carbocycles. The van der Waals surface area contributed by atoms with Crippen LogP contribution in [0.3, 0.4) is 0 Å². The molecule has 0 saturated carbocycles. The van der Waals surface area contributed by atoms with Crippen molar-refractivity contribution in [2.24, 2.45) is 0 Å². The highest BCUT2D eigenvalue weighted by atomic mass is 19.4. The third kappa shape index (κ3) is 4.98. The fourth-order valence-corrected chi connectivity index (χ4v) is 3.07. The maximum absolute atomic E-state index is 13.4. The number of halogens is 6. The second kappa shape index (κ2) is 7.78. The first-order valence-electron chi connectivity index (χ1n) is 7.98. The van der Waals surface area contributed by atoms with Gasteiger partial charge in [-0.25, -0.2) is 0 Å². The van der Waals surface area contributed by atoms with Gasteiger partial charge in [-0.3, -0.25) is 4.90 Å². The Morgan fingerprint density at radius 1 is 1.08 bits per heavy atom. The fourth-order valence-electron chi connectivity index (χ4n) is 3.07. The standard InChI is InChI=1S/C17H20F6N2/c1-2-3-4-15(25-9-7-24-8-10-25)13-6-5-12(16(18,19)20)11-14(13)17(21,22)23/h2,5-6,11,15,24H,1,3-4,7-10H2/t15-/m0/s1. The van der Waals surface area contributed by atoms with Crippen LogP contribution in [0.25, 0.3) is 0 Å². The number of allylic oxidation sites excluding steroid dienone is 1. The molecule has 0 radical (unpaired) electrons. The minimum absolute atomic E-state index is 0.107. The number of rotatable bonds is 5. The Balaban J connectivity index is 2.49. The fraction of sp³-hybridized carbons (Fsp3) is 0.529. The van der Waals surface area contributed by atoms with Gasteiger partial charge in [0.15, 0.2) is 0 Å². The van der Waals surface area contributed by atoms with Crippen LogP contribution in [0.5, 0.6) is 0 Å². The zero-order valence-corrected chi connectivity index (χ0v) is 13.6. The van der Waals surface area contributed by atoms with Gasteiger partial charge in [-0.15, -0.1) is 6.58 Å². The van der Waals surface area contributed by atoms with E-state index in [0.717, 1.165) is 12.1 Å². The van der Waals surface area contributed by atoms with Crippen LogP contribution in [0, 0.1) is 0 Å². The zero-order valence-electron chi connectivity index (χ0n) is 13.6. The van der Waals surface area contributed by atoms with Gasteiger partial charge in [0.05, 0.1) is 11.1 Å². The SMILES string of the molecule is C=CCC[C@@H](c1ccc(C(F)(F)F)cc1C(F)(F)F)N1CCNCC1. The molecule has 2 rings (SSSR count). The molecule has 8 heteroatoms. The molecule has 1 fully saturated rings. The molecule has 0 aliphatic carbocycles. The van der Waals surface area contributed by atoms with Crippen LogP contribution in [0.2, 0.25) is 0 Å². The largest absolute Gasteiger partial charge is 0.416 e. The van der Waals surface area contributed by atoms with Gasteiger partial charge >= 0.3 is 12.4 Å². The molecule has 0 spiro atoms. The van der Waals surface area contributed by atoms with E-state index in [4.69, 9.17) is 0 Å². The quantitative estimate of drug-likeness (QED) is 0.603. The Hall–Kier alpha value is -1.54. The van der Waals surface area contributed by atoms with Crippen molar-refractivity contribution in [3.63, 3.8) is 0 Å². The summed E-state index contributed by atoms with van der Waals surface area (Å²) < 4.78 is 78.9. The van der Waals surface area contributed by atoms with E-state index < -0.39 is 29.5 Å². The molecule has 1 heterocycles. The molecule has 0 bridgehead atoms. The Morgan fingerprint density at radius 2 is 1.72 bits per heavy atom. The third-order valence-corrected chi connectivity index (χ3v) is 4.28. The molecule has 140 valence electrons. The van der Waals surface area contributed by atoms with Gasteiger partial charge in [-0.2, -0.15) is 26.3 Å². The molecule has 1 aromatic rings. The summed E-state index contributed by atoms with van der Waals surface area (Å²) in [5.74, 6) is 0. The van der Waals surface area contributed by atoms with E-state index in [2.05, 4.69) is 11.9 Å². The predicted octanol–water partition coefficient (Wildman–Crippen LogP) is 4.64. The molecule has 0 aromatic heterocycles. The van der Waals surface area contributed by atoms with E-state index in [0.29, 0.717) is 39.0 Å². The van der Waals surface area contributed by atoms with Crippen molar-refractivity contribution in [2.75, 3.05) is 26.2 Å². The lowest BCUT2D eigenvalue weighted by atomic mass is 9.92. The van der Waals surface area contributed by atoms with Crippen LogP contribution >= 0.6 is 0 Å². The second-order valence-corrected chi connectivity index (χ2v) is 5.97. The summed E-state index contributed by atoms with van der Waals surface area (Å²) in [6.07, 6.45) is -7.21. The van der Waals surface area contributed by atoms with Gasteiger partial charge in [-0.1, -0.05) is 12.1 Å². The van der Waals surface area contributed by atoms with Gasteiger partial charge in [0, 0.05) is 32.2 Å². The third-order valence-electron chi connectivity index (χ3n) is 4.28. The number of hydrogen-bond donors (Lipinski definition) is 1. The van der Waals surface area contributed by atoms with Crippen LogP contribution < -0.4 is 5.32 Å². The molecule has 1 atom stereocenters. The first kappa shape index (κ1) is 19.8. The summed E-state index contributed by atoms with van der Waals surface area (Å²) >= 11 is 0. The first-order valence-corrected chi connectivity index (χ1v) is 7.98. The maximum atomic E-state index is 13.4. The van der Waals surface area contributed by atoms with Gasteiger partial charge in [0.2, 0.25) is 0 Å². The Labute approximate surface area is 142 Å². The molecule has 1 aliphatic heterocycles. The maximum Gasteiger partial charge on any atom is 0.416 e. The molecule has 25 heavy (non-hydrogen) atoms. The second-order valence-electron chi connectivity index (χ2n) is 5.97. The van der Waals surface area contributed by atoms with E-state index in [1.807, 2.05) is 4.90 Å². The number of piperazine rings is 1. The topological polar surface area (TPSA) is 15.3 Å². The van der Waals surface area contributed by atoms with Crippen molar-refractivity contribution in [3.8, 4) is 0 Å². The summed E-state index contributed by atoms with van der Waals surface area (Å²) in [5.41, 5.74) is -2.61. The molecule has 1 aliphatic rings. The summed E-state index contributed by atoms with van der Waals surface area (Å²) in [4.78, 5) is 1.89. The highest BCUT2D eigenvalue weighted by molar-refractivity contribution is 5.37.